The predicted octanol–water partition coefficient (Wildman–Crippen LogP) is 3.57. The fourth-order valence-corrected chi connectivity index (χ4v) is 6.89. The van der Waals surface area contributed by atoms with Gasteiger partial charge >= 0.3 is 0 Å². The second-order valence-electron chi connectivity index (χ2n) is 8.71. The van der Waals surface area contributed by atoms with E-state index in [9.17, 15) is 9.90 Å². The summed E-state index contributed by atoms with van der Waals surface area (Å²) in [5.41, 5.74) is 0.460. The van der Waals surface area contributed by atoms with E-state index in [1.807, 2.05) is 0 Å². The summed E-state index contributed by atoms with van der Waals surface area (Å²) in [7, 11) is 0. The summed E-state index contributed by atoms with van der Waals surface area (Å²) in [6.07, 6.45) is 8.82. The van der Waals surface area contributed by atoms with E-state index in [2.05, 4.69) is 13.8 Å². The molecule has 0 unspecified atom stereocenters. The van der Waals surface area contributed by atoms with Gasteiger partial charge in [0.1, 0.15) is 5.78 Å². The minimum Gasteiger partial charge on any atom is -0.393 e. The minimum absolute atomic E-state index is 0.0795. The van der Waals surface area contributed by atoms with Gasteiger partial charge in [-0.05, 0) is 73.0 Å². The van der Waals surface area contributed by atoms with Crippen LogP contribution in [0.5, 0.6) is 0 Å². The molecule has 112 valence electrons. The fourth-order valence-electron chi connectivity index (χ4n) is 6.89. The summed E-state index contributed by atoms with van der Waals surface area (Å²) in [6, 6.07) is 0. The molecule has 4 saturated carbocycles. The first-order valence-electron chi connectivity index (χ1n) is 8.65. The second-order valence-corrected chi connectivity index (χ2v) is 8.71. The summed E-state index contributed by atoms with van der Waals surface area (Å²) >= 11 is 0. The average Bonchev–Trinajstić information content (AvgIpc) is 2.86. The number of hydrogen-bond acceptors (Lipinski definition) is 2. The van der Waals surface area contributed by atoms with E-state index in [-0.39, 0.29) is 16.9 Å². The smallest absolute Gasteiger partial charge is 0.133 e. The predicted molar refractivity (Wildman–Crippen MR) is 78.1 cm³/mol. The highest BCUT2D eigenvalue weighted by Gasteiger charge is 2.61. The zero-order chi connectivity index (χ0) is 14.1. The van der Waals surface area contributed by atoms with Crippen molar-refractivity contribution < 1.29 is 9.90 Å². The monoisotopic (exact) mass is 276 g/mol. The van der Waals surface area contributed by atoms with Crippen LogP contribution in [0.4, 0.5) is 0 Å². The lowest BCUT2D eigenvalue weighted by atomic mass is 9.48. The summed E-state index contributed by atoms with van der Waals surface area (Å²) in [5.74, 6) is 3.41. The van der Waals surface area contributed by atoms with Crippen LogP contribution in [0.2, 0.25) is 0 Å². The van der Waals surface area contributed by atoms with Gasteiger partial charge in [-0.1, -0.05) is 13.8 Å². The summed E-state index contributed by atoms with van der Waals surface area (Å²) in [4.78, 5) is 12.0. The molecular formula is C18H28O2. The van der Waals surface area contributed by atoms with Crippen LogP contribution in [0.3, 0.4) is 0 Å². The van der Waals surface area contributed by atoms with Crippen LogP contribution in [0.15, 0.2) is 0 Å². The molecule has 4 rings (SSSR count). The Balaban J connectivity index is 1.67. The normalized spacial score (nSPS) is 58.1. The summed E-state index contributed by atoms with van der Waals surface area (Å²) in [6.45, 7) is 4.74. The maximum absolute atomic E-state index is 12.0. The van der Waals surface area contributed by atoms with Crippen LogP contribution in [0, 0.1) is 34.5 Å². The molecule has 0 aromatic carbocycles. The molecule has 0 aromatic heterocycles. The third kappa shape index (κ3) is 1.52. The Hall–Kier alpha value is -0.370. The van der Waals surface area contributed by atoms with Crippen molar-refractivity contribution in [1.29, 1.82) is 0 Å². The van der Waals surface area contributed by atoms with E-state index in [1.54, 1.807) is 0 Å². The molecule has 4 aliphatic rings. The topological polar surface area (TPSA) is 37.3 Å². The van der Waals surface area contributed by atoms with Gasteiger partial charge in [0.2, 0.25) is 0 Å². The van der Waals surface area contributed by atoms with Gasteiger partial charge in [0, 0.05) is 12.8 Å². The Bertz CT molecular complexity index is 445. The number of aliphatic hydroxyl groups is 1. The number of rotatable bonds is 0. The number of Topliss-reactive ketones (excluding diaryl/α,β-unsaturated/α-hetero) is 1. The lowest BCUT2D eigenvalue weighted by Crippen LogP contribution is -2.51. The molecule has 7 atom stereocenters. The highest BCUT2D eigenvalue weighted by molar-refractivity contribution is 5.82. The SMILES string of the molecule is C[C@]12CC(=O)C[C@@H]1CC[C@H]1[C@@H]2CC[C@]2(C)[C@@H](O)CC[C@@H]12. The molecule has 0 heterocycles. The van der Waals surface area contributed by atoms with Crippen molar-refractivity contribution in [2.45, 2.75) is 71.3 Å². The molecule has 0 aromatic rings. The molecular weight excluding hydrogens is 248 g/mol. The average molecular weight is 276 g/mol. The Morgan fingerprint density at radius 2 is 1.75 bits per heavy atom. The molecule has 0 saturated heterocycles. The molecule has 0 aliphatic heterocycles. The molecule has 1 N–H and O–H groups in total. The number of aliphatic hydroxyl groups excluding tert-OH is 1. The van der Waals surface area contributed by atoms with Gasteiger partial charge < -0.3 is 5.11 Å². The van der Waals surface area contributed by atoms with E-state index >= 15 is 0 Å². The first-order valence-corrected chi connectivity index (χ1v) is 8.65. The lowest BCUT2D eigenvalue weighted by Gasteiger charge is -2.56. The summed E-state index contributed by atoms with van der Waals surface area (Å²) in [5, 5.41) is 10.4. The maximum Gasteiger partial charge on any atom is 0.133 e. The van der Waals surface area contributed by atoms with Crippen molar-refractivity contribution in [3.63, 3.8) is 0 Å². The van der Waals surface area contributed by atoms with Crippen molar-refractivity contribution in [2.75, 3.05) is 0 Å². The highest BCUT2D eigenvalue weighted by atomic mass is 16.3. The Morgan fingerprint density at radius 3 is 2.55 bits per heavy atom. The standard InChI is InChI=1S/C18H28O2/c1-17-8-7-15-13(14(17)5-6-16(17)20)4-3-11-9-12(19)10-18(11,15)2/h11,13-16,20H,3-10H2,1-2H3/t11-,13+,14-,15-,16-,17-,18-/m0/s1. The molecule has 0 radical (unpaired) electrons. The van der Waals surface area contributed by atoms with Gasteiger partial charge in [-0.2, -0.15) is 0 Å². The van der Waals surface area contributed by atoms with Crippen molar-refractivity contribution >= 4 is 5.78 Å². The zero-order valence-corrected chi connectivity index (χ0v) is 12.9. The van der Waals surface area contributed by atoms with Crippen LogP contribution < -0.4 is 0 Å². The molecule has 2 nitrogen and oxygen atoms in total. The van der Waals surface area contributed by atoms with Crippen molar-refractivity contribution in [3.8, 4) is 0 Å². The first kappa shape index (κ1) is 13.3. The third-order valence-corrected chi connectivity index (χ3v) is 8.07. The van der Waals surface area contributed by atoms with E-state index in [0.29, 0.717) is 17.6 Å². The van der Waals surface area contributed by atoms with Crippen LogP contribution in [-0.2, 0) is 4.79 Å². The first-order chi connectivity index (χ1) is 9.45. The maximum atomic E-state index is 12.0. The van der Waals surface area contributed by atoms with Crippen molar-refractivity contribution in [1.82, 2.24) is 0 Å². The molecule has 0 spiro atoms. The number of fused-ring (bicyclic) bond motifs is 5. The molecule has 4 fully saturated rings. The van der Waals surface area contributed by atoms with Gasteiger partial charge in [-0.15, -0.1) is 0 Å². The Labute approximate surface area is 122 Å². The van der Waals surface area contributed by atoms with Crippen LogP contribution in [0.25, 0.3) is 0 Å². The van der Waals surface area contributed by atoms with E-state index in [0.717, 1.165) is 31.1 Å². The highest BCUT2D eigenvalue weighted by Crippen LogP contribution is 2.66. The Kier molecular flexibility index (Phi) is 2.72. The number of carbonyl (C=O) groups excluding carboxylic acids is 1. The molecule has 0 bridgehead atoms. The van der Waals surface area contributed by atoms with Gasteiger partial charge in [0.25, 0.3) is 0 Å². The van der Waals surface area contributed by atoms with Gasteiger partial charge in [-0.25, -0.2) is 0 Å². The van der Waals surface area contributed by atoms with Gasteiger partial charge in [0.05, 0.1) is 6.10 Å². The lowest BCUT2D eigenvalue weighted by molar-refractivity contribution is -0.119. The minimum atomic E-state index is -0.0795. The van der Waals surface area contributed by atoms with E-state index in [1.165, 1.54) is 32.1 Å². The summed E-state index contributed by atoms with van der Waals surface area (Å²) < 4.78 is 0. The molecule has 20 heavy (non-hydrogen) atoms. The molecule has 2 heteroatoms. The number of ketones is 1. The van der Waals surface area contributed by atoms with Crippen molar-refractivity contribution in [3.05, 3.63) is 0 Å². The number of hydrogen-bond donors (Lipinski definition) is 1. The van der Waals surface area contributed by atoms with Gasteiger partial charge in [0.15, 0.2) is 0 Å². The fraction of sp³-hybridized carbons (Fsp3) is 0.944. The number of carbonyl (C=O) groups is 1. The third-order valence-electron chi connectivity index (χ3n) is 8.07. The van der Waals surface area contributed by atoms with Crippen LogP contribution in [-0.4, -0.2) is 17.0 Å². The van der Waals surface area contributed by atoms with Crippen molar-refractivity contribution in [2.24, 2.45) is 34.5 Å². The zero-order valence-electron chi connectivity index (χ0n) is 12.9. The quantitative estimate of drug-likeness (QED) is 0.734. The van der Waals surface area contributed by atoms with E-state index in [4.69, 9.17) is 0 Å². The largest absolute Gasteiger partial charge is 0.393 e. The second kappa shape index (κ2) is 4.09. The molecule has 0 amide bonds. The molecule has 4 aliphatic carbocycles. The van der Waals surface area contributed by atoms with E-state index < -0.39 is 0 Å². The van der Waals surface area contributed by atoms with Gasteiger partial charge in [-0.3, -0.25) is 4.79 Å². The van der Waals surface area contributed by atoms with Crippen LogP contribution in [0.1, 0.15) is 65.2 Å². The van der Waals surface area contributed by atoms with Crippen LogP contribution >= 0.6 is 0 Å². The Morgan fingerprint density at radius 1 is 1.00 bits per heavy atom.